The SMILES string of the molecule is CCCCCCCCCCCCCC1N(C)C=CN1CCCCCCCC. The van der Waals surface area contributed by atoms with Gasteiger partial charge in [-0.05, 0) is 19.3 Å². The third-order valence-electron chi connectivity index (χ3n) is 6.18. The number of nitrogens with zero attached hydrogens (tertiary/aromatic N) is 2. The average Bonchev–Trinajstić information content (AvgIpc) is 3.02. The number of unbranched alkanes of at least 4 members (excludes halogenated alkanes) is 15. The summed E-state index contributed by atoms with van der Waals surface area (Å²) in [6.45, 7) is 5.84. The molecule has 2 heteroatoms. The van der Waals surface area contributed by atoms with Crippen LogP contribution in [0.25, 0.3) is 0 Å². The first-order valence-electron chi connectivity index (χ1n) is 12.5. The van der Waals surface area contributed by atoms with Crippen molar-refractivity contribution in [3.05, 3.63) is 12.4 Å². The molecule has 1 aliphatic rings. The van der Waals surface area contributed by atoms with Crippen LogP contribution >= 0.6 is 0 Å². The van der Waals surface area contributed by atoms with Gasteiger partial charge in [0.15, 0.2) is 0 Å². The molecule has 27 heavy (non-hydrogen) atoms. The van der Waals surface area contributed by atoms with Gasteiger partial charge < -0.3 is 9.80 Å². The van der Waals surface area contributed by atoms with Crippen LogP contribution in [0, 0.1) is 0 Å². The second-order valence-electron chi connectivity index (χ2n) is 8.77. The van der Waals surface area contributed by atoms with Crippen LogP contribution in [0.2, 0.25) is 0 Å². The van der Waals surface area contributed by atoms with Crippen molar-refractivity contribution in [2.45, 2.75) is 136 Å². The molecule has 0 saturated carbocycles. The van der Waals surface area contributed by atoms with Gasteiger partial charge in [-0.2, -0.15) is 0 Å². The predicted molar refractivity (Wildman–Crippen MR) is 122 cm³/mol. The van der Waals surface area contributed by atoms with E-state index in [9.17, 15) is 0 Å². The molecule has 160 valence electrons. The van der Waals surface area contributed by atoms with Gasteiger partial charge in [0.2, 0.25) is 0 Å². The Labute approximate surface area is 171 Å². The summed E-state index contributed by atoms with van der Waals surface area (Å²) < 4.78 is 0. The molecule has 0 bridgehead atoms. The maximum Gasteiger partial charge on any atom is 0.100 e. The fraction of sp³-hybridized carbons (Fsp3) is 0.920. The van der Waals surface area contributed by atoms with Crippen LogP contribution in [0.1, 0.15) is 129 Å². The van der Waals surface area contributed by atoms with Gasteiger partial charge in [0.05, 0.1) is 0 Å². The van der Waals surface area contributed by atoms with Crippen molar-refractivity contribution < 1.29 is 0 Å². The second-order valence-corrected chi connectivity index (χ2v) is 8.77. The Morgan fingerprint density at radius 3 is 1.52 bits per heavy atom. The van der Waals surface area contributed by atoms with Gasteiger partial charge >= 0.3 is 0 Å². The van der Waals surface area contributed by atoms with Crippen LogP contribution in [-0.2, 0) is 0 Å². The van der Waals surface area contributed by atoms with E-state index >= 15 is 0 Å². The molecule has 1 heterocycles. The van der Waals surface area contributed by atoms with Crippen molar-refractivity contribution in [3.8, 4) is 0 Å². The molecule has 1 unspecified atom stereocenters. The monoisotopic (exact) mass is 378 g/mol. The maximum atomic E-state index is 2.59. The van der Waals surface area contributed by atoms with Crippen molar-refractivity contribution >= 4 is 0 Å². The van der Waals surface area contributed by atoms with E-state index in [1.807, 2.05) is 0 Å². The Morgan fingerprint density at radius 2 is 1.00 bits per heavy atom. The molecule has 1 rings (SSSR count). The minimum Gasteiger partial charge on any atom is -0.359 e. The highest BCUT2D eigenvalue weighted by atomic mass is 15.4. The van der Waals surface area contributed by atoms with E-state index < -0.39 is 0 Å². The van der Waals surface area contributed by atoms with Crippen molar-refractivity contribution in [1.82, 2.24) is 9.80 Å². The van der Waals surface area contributed by atoms with Crippen LogP contribution < -0.4 is 0 Å². The Balaban J connectivity index is 1.97. The first-order valence-corrected chi connectivity index (χ1v) is 12.5. The molecule has 0 N–H and O–H groups in total. The molecule has 0 aromatic heterocycles. The third-order valence-corrected chi connectivity index (χ3v) is 6.18. The van der Waals surface area contributed by atoms with Crippen molar-refractivity contribution in [2.75, 3.05) is 13.6 Å². The third kappa shape index (κ3) is 12.4. The van der Waals surface area contributed by atoms with E-state index in [0.717, 1.165) is 0 Å². The van der Waals surface area contributed by atoms with Gasteiger partial charge in [-0.15, -0.1) is 0 Å². The van der Waals surface area contributed by atoms with Crippen molar-refractivity contribution in [2.24, 2.45) is 0 Å². The number of hydrogen-bond acceptors (Lipinski definition) is 2. The summed E-state index contributed by atoms with van der Waals surface area (Å²) in [7, 11) is 2.25. The zero-order chi connectivity index (χ0) is 19.6. The highest BCUT2D eigenvalue weighted by Gasteiger charge is 2.22. The van der Waals surface area contributed by atoms with Crippen LogP contribution in [0.15, 0.2) is 12.4 Å². The molecule has 0 aromatic carbocycles. The van der Waals surface area contributed by atoms with E-state index in [2.05, 4.69) is 43.1 Å². The molecular formula is C25H50N2. The Kier molecular flexibility index (Phi) is 15.7. The molecule has 0 aromatic rings. The summed E-state index contributed by atoms with van der Waals surface area (Å²) in [6, 6.07) is 0. The Hall–Kier alpha value is -0.660. The minimum absolute atomic E-state index is 0.624. The first kappa shape index (κ1) is 24.4. The van der Waals surface area contributed by atoms with Gasteiger partial charge in [0, 0.05) is 26.0 Å². The topological polar surface area (TPSA) is 6.48 Å². The average molecular weight is 379 g/mol. The molecular weight excluding hydrogens is 328 g/mol. The van der Waals surface area contributed by atoms with Gasteiger partial charge in [-0.1, -0.05) is 110 Å². The van der Waals surface area contributed by atoms with Crippen LogP contribution in [0.4, 0.5) is 0 Å². The lowest BCUT2D eigenvalue weighted by Crippen LogP contribution is -2.37. The molecule has 0 amide bonds. The molecule has 1 aliphatic heterocycles. The maximum absolute atomic E-state index is 2.59. The number of hydrogen-bond donors (Lipinski definition) is 0. The van der Waals surface area contributed by atoms with Crippen molar-refractivity contribution in [3.63, 3.8) is 0 Å². The van der Waals surface area contributed by atoms with E-state index in [4.69, 9.17) is 0 Å². The zero-order valence-corrected chi connectivity index (χ0v) is 19.1. The van der Waals surface area contributed by atoms with Gasteiger partial charge in [-0.25, -0.2) is 0 Å². The van der Waals surface area contributed by atoms with E-state index in [1.54, 1.807) is 0 Å². The van der Waals surface area contributed by atoms with Crippen molar-refractivity contribution in [1.29, 1.82) is 0 Å². The summed E-state index contributed by atoms with van der Waals surface area (Å²) in [6.07, 6.45) is 30.7. The summed E-state index contributed by atoms with van der Waals surface area (Å²) in [5.74, 6) is 0. The van der Waals surface area contributed by atoms with Gasteiger partial charge in [-0.3, -0.25) is 0 Å². The van der Waals surface area contributed by atoms with E-state index in [1.165, 1.54) is 122 Å². The van der Waals surface area contributed by atoms with Crippen LogP contribution in [0.5, 0.6) is 0 Å². The quantitative estimate of drug-likeness (QED) is 0.209. The smallest absolute Gasteiger partial charge is 0.100 e. The second kappa shape index (κ2) is 17.4. The molecule has 0 fully saturated rings. The minimum atomic E-state index is 0.624. The lowest BCUT2D eigenvalue weighted by Gasteiger charge is -2.30. The number of rotatable bonds is 19. The van der Waals surface area contributed by atoms with Crippen LogP contribution in [0.3, 0.4) is 0 Å². The summed E-state index contributed by atoms with van der Waals surface area (Å²) in [5, 5.41) is 0. The summed E-state index contributed by atoms with van der Waals surface area (Å²) in [4.78, 5) is 5.02. The standard InChI is InChI=1S/C25H50N2/c1-4-6-8-10-12-13-14-15-16-17-19-21-25-26(3)23-24-27(25)22-20-18-11-9-7-5-2/h23-25H,4-22H2,1-3H3. The molecule has 0 radical (unpaired) electrons. The van der Waals surface area contributed by atoms with Crippen LogP contribution in [-0.4, -0.2) is 29.6 Å². The summed E-state index contributed by atoms with van der Waals surface area (Å²) >= 11 is 0. The largest absolute Gasteiger partial charge is 0.359 e. The highest BCUT2D eigenvalue weighted by molar-refractivity contribution is 4.95. The molecule has 2 nitrogen and oxygen atoms in total. The molecule has 0 aliphatic carbocycles. The highest BCUT2D eigenvalue weighted by Crippen LogP contribution is 2.21. The molecule has 0 saturated heterocycles. The predicted octanol–water partition coefficient (Wildman–Crippen LogP) is 8.09. The van der Waals surface area contributed by atoms with E-state index in [-0.39, 0.29) is 0 Å². The molecule has 1 atom stereocenters. The fourth-order valence-electron chi connectivity index (χ4n) is 4.28. The van der Waals surface area contributed by atoms with Gasteiger partial charge in [0.25, 0.3) is 0 Å². The zero-order valence-electron chi connectivity index (χ0n) is 19.1. The Bertz CT molecular complexity index is 339. The first-order chi connectivity index (χ1) is 13.3. The van der Waals surface area contributed by atoms with E-state index in [0.29, 0.717) is 6.17 Å². The normalized spacial score (nSPS) is 16.6. The lowest BCUT2D eigenvalue weighted by atomic mass is 10.0. The lowest BCUT2D eigenvalue weighted by molar-refractivity contribution is 0.159. The fourth-order valence-corrected chi connectivity index (χ4v) is 4.28. The molecule has 0 spiro atoms. The summed E-state index contributed by atoms with van der Waals surface area (Å²) in [5.41, 5.74) is 0. The van der Waals surface area contributed by atoms with Gasteiger partial charge in [0.1, 0.15) is 6.17 Å². The Morgan fingerprint density at radius 1 is 0.556 bits per heavy atom.